The molecule has 9 heteroatoms. The van der Waals surface area contributed by atoms with E-state index in [9.17, 15) is 10.1 Å². The molecular formula is C26H26N8O. The van der Waals surface area contributed by atoms with Crippen LogP contribution in [0.1, 0.15) is 37.0 Å². The van der Waals surface area contributed by atoms with Gasteiger partial charge in [0.2, 0.25) is 0 Å². The summed E-state index contributed by atoms with van der Waals surface area (Å²) in [6.07, 6.45) is 12.2. The van der Waals surface area contributed by atoms with Gasteiger partial charge in [-0.05, 0) is 50.6 Å². The van der Waals surface area contributed by atoms with Gasteiger partial charge in [0.05, 0.1) is 29.9 Å². The largest absolute Gasteiger partial charge is 0.350 e. The third kappa shape index (κ3) is 4.26. The smallest absolute Gasteiger partial charge is 0.251 e. The van der Waals surface area contributed by atoms with E-state index in [1.54, 1.807) is 6.20 Å². The van der Waals surface area contributed by atoms with E-state index in [2.05, 4.69) is 42.4 Å². The highest BCUT2D eigenvalue weighted by molar-refractivity contribution is 5.94. The van der Waals surface area contributed by atoms with Crippen LogP contribution in [-0.2, 0) is 5.54 Å². The van der Waals surface area contributed by atoms with Gasteiger partial charge < -0.3 is 15.2 Å². The highest BCUT2D eigenvalue weighted by atomic mass is 16.1. The van der Waals surface area contributed by atoms with Gasteiger partial charge >= 0.3 is 0 Å². The molecule has 0 spiro atoms. The monoisotopic (exact) mass is 466 g/mol. The fourth-order valence-electron chi connectivity index (χ4n) is 4.49. The molecular weight excluding hydrogens is 440 g/mol. The van der Waals surface area contributed by atoms with Crippen molar-refractivity contribution in [3.05, 3.63) is 73.1 Å². The summed E-state index contributed by atoms with van der Waals surface area (Å²) >= 11 is 0. The Kier molecular flexibility index (Phi) is 5.79. The van der Waals surface area contributed by atoms with Crippen LogP contribution in [0.2, 0.25) is 0 Å². The molecule has 2 N–H and O–H groups in total. The van der Waals surface area contributed by atoms with Gasteiger partial charge in [-0.1, -0.05) is 6.08 Å². The second-order valence-corrected chi connectivity index (χ2v) is 9.09. The number of anilines is 1. The Hall–Kier alpha value is -4.45. The van der Waals surface area contributed by atoms with Gasteiger partial charge in [-0.25, -0.2) is 9.97 Å². The van der Waals surface area contributed by atoms with E-state index in [0.29, 0.717) is 24.9 Å². The van der Waals surface area contributed by atoms with E-state index in [0.717, 1.165) is 28.0 Å². The maximum atomic E-state index is 12.3. The standard InChI is InChI=1S/C26H26N8O/c1-18(2)32-25(35)19-4-6-21(7-5-19)33-13-3-9-26(16-33,10-11-27)34-15-20(14-31-34)23-22-8-12-28-24(22)30-17-29-23/h3-8,12-15,17-18H,9-10,16H2,1-2H3,(H,32,35)(H,28,29,30). The first-order chi connectivity index (χ1) is 17.0. The van der Waals surface area contributed by atoms with Crippen molar-refractivity contribution < 1.29 is 4.79 Å². The highest BCUT2D eigenvalue weighted by Crippen LogP contribution is 2.34. The van der Waals surface area contributed by atoms with Crippen molar-refractivity contribution in [2.24, 2.45) is 0 Å². The van der Waals surface area contributed by atoms with Gasteiger partial charge in [-0.15, -0.1) is 0 Å². The van der Waals surface area contributed by atoms with Gasteiger partial charge in [-0.3, -0.25) is 9.48 Å². The molecule has 0 fully saturated rings. The first kappa shape index (κ1) is 22.3. The second-order valence-electron chi connectivity index (χ2n) is 9.09. The zero-order chi connectivity index (χ0) is 24.4. The van der Waals surface area contributed by atoms with Crippen LogP contribution in [0.4, 0.5) is 5.69 Å². The minimum Gasteiger partial charge on any atom is -0.350 e. The molecule has 9 nitrogen and oxygen atoms in total. The SMILES string of the molecule is CC(C)NC(=O)c1ccc(N2C=CCC(CC#N)(n3cc(-c4ncnc5[nH]ccc45)cn3)C2)cc1. The van der Waals surface area contributed by atoms with E-state index < -0.39 is 5.54 Å². The predicted octanol–water partition coefficient (Wildman–Crippen LogP) is 3.99. The molecule has 4 aromatic rings. The molecule has 1 unspecified atom stereocenters. The Balaban J connectivity index is 1.43. The number of aromatic nitrogens is 5. The molecule has 1 aliphatic heterocycles. The molecule has 4 heterocycles. The molecule has 0 saturated carbocycles. The fraction of sp³-hybridized carbons (Fsp3) is 0.269. The lowest BCUT2D eigenvalue weighted by Crippen LogP contribution is -2.46. The highest BCUT2D eigenvalue weighted by Gasteiger charge is 2.36. The molecule has 0 bridgehead atoms. The first-order valence-electron chi connectivity index (χ1n) is 11.5. The van der Waals surface area contributed by atoms with Crippen LogP contribution in [0.25, 0.3) is 22.3 Å². The summed E-state index contributed by atoms with van der Waals surface area (Å²) in [6.45, 7) is 4.44. The van der Waals surface area contributed by atoms with Gasteiger partial charge in [0.25, 0.3) is 5.91 Å². The zero-order valence-corrected chi connectivity index (χ0v) is 19.6. The quantitative estimate of drug-likeness (QED) is 0.444. The van der Waals surface area contributed by atoms with E-state index in [1.165, 1.54) is 6.33 Å². The van der Waals surface area contributed by atoms with Crippen LogP contribution in [0.15, 0.2) is 67.5 Å². The summed E-state index contributed by atoms with van der Waals surface area (Å²) in [5, 5.41) is 18.2. The number of carbonyl (C=O) groups is 1. The maximum Gasteiger partial charge on any atom is 0.251 e. The second kappa shape index (κ2) is 9.06. The Morgan fingerprint density at radius 3 is 2.86 bits per heavy atom. The number of rotatable bonds is 6. The minimum atomic E-state index is -0.542. The summed E-state index contributed by atoms with van der Waals surface area (Å²) < 4.78 is 1.90. The number of nitrogens with one attached hydrogen (secondary N) is 2. The molecule has 176 valence electrons. The Bertz CT molecular complexity index is 1430. The first-order valence-corrected chi connectivity index (χ1v) is 11.5. The van der Waals surface area contributed by atoms with E-state index in [4.69, 9.17) is 0 Å². The van der Waals surface area contributed by atoms with Crippen molar-refractivity contribution in [1.29, 1.82) is 5.26 Å². The fourth-order valence-corrected chi connectivity index (χ4v) is 4.49. The Labute approximate surface area is 203 Å². The summed E-state index contributed by atoms with van der Waals surface area (Å²) in [5.41, 5.74) is 3.46. The summed E-state index contributed by atoms with van der Waals surface area (Å²) in [6, 6.07) is 11.9. The lowest BCUT2D eigenvalue weighted by molar-refractivity contribution is 0.0943. The molecule has 1 aromatic carbocycles. The Morgan fingerprint density at radius 1 is 1.26 bits per heavy atom. The molecule has 1 aliphatic rings. The summed E-state index contributed by atoms with van der Waals surface area (Å²) in [5.74, 6) is -0.0927. The number of carbonyl (C=O) groups excluding carboxylic acids is 1. The van der Waals surface area contributed by atoms with Crippen molar-refractivity contribution in [2.75, 3.05) is 11.4 Å². The molecule has 1 atom stereocenters. The normalized spacial score (nSPS) is 17.6. The van der Waals surface area contributed by atoms with Crippen molar-refractivity contribution >= 4 is 22.6 Å². The minimum absolute atomic E-state index is 0.0773. The number of nitriles is 1. The van der Waals surface area contributed by atoms with E-state index in [-0.39, 0.29) is 11.9 Å². The number of benzene rings is 1. The zero-order valence-electron chi connectivity index (χ0n) is 19.6. The van der Waals surface area contributed by atoms with Crippen LogP contribution < -0.4 is 10.2 Å². The lowest BCUT2D eigenvalue weighted by atomic mass is 9.88. The molecule has 0 saturated heterocycles. The van der Waals surface area contributed by atoms with Crippen molar-refractivity contribution in [3.63, 3.8) is 0 Å². The molecule has 1 amide bonds. The number of aromatic amines is 1. The van der Waals surface area contributed by atoms with E-state index >= 15 is 0 Å². The number of allylic oxidation sites excluding steroid dienone is 1. The average molecular weight is 467 g/mol. The van der Waals surface area contributed by atoms with Crippen LogP contribution in [0, 0.1) is 11.3 Å². The Morgan fingerprint density at radius 2 is 2.09 bits per heavy atom. The number of fused-ring (bicyclic) bond motifs is 1. The molecule has 3 aromatic heterocycles. The number of nitrogens with zero attached hydrogens (tertiary/aromatic N) is 6. The number of hydrogen-bond donors (Lipinski definition) is 2. The van der Waals surface area contributed by atoms with Crippen LogP contribution in [-0.4, -0.2) is 43.2 Å². The lowest BCUT2D eigenvalue weighted by Gasteiger charge is -2.39. The number of amides is 1. The van der Waals surface area contributed by atoms with Gasteiger partial charge in [0, 0.05) is 53.4 Å². The summed E-state index contributed by atoms with van der Waals surface area (Å²) in [4.78, 5) is 26.2. The number of H-pyrrole nitrogens is 1. The molecule has 35 heavy (non-hydrogen) atoms. The topological polar surface area (TPSA) is 116 Å². The van der Waals surface area contributed by atoms with Crippen LogP contribution in [0.5, 0.6) is 0 Å². The van der Waals surface area contributed by atoms with Crippen LogP contribution >= 0.6 is 0 Å². The summed E-state index contributed by atoms with van der Waals surface area (Å²) in [7, 11) is 0. The average Bonchev–Trinajstić information content (AvgIpc) is 3.54. The third-order valence-corrected chi connectivity index (χ3v) is 6.23. The van der Waals surface area contributed by atoms with Gasteiger partial charge in [0.1, 0.15) is 12.0 Å². The van der Waals surface area contributed by atoms with Gasteiger partial charge in [0.15, 0.2) is 0 Å². The van der Waals surface area contributed by atoms with Crippen molar-refractivity contribution in [1.82, 2.24) is 30.0 Å². The molecule has 0 radical (unpaired) electrons. The third-order valence-electron chi connectivity index (χ3n) is 6.23. The predicted molar refractivity (Wildman–Crippen MR) is 133 cm³/mol. The van der Waals surface area contributed by atoms with E-state index in [1.807, 2.05) is 67.5 Å². The van der Waals surface area contributed by atoms with Crippen LogP contribution in [0.3, 0.4) is 0 Å². The molecule has 5 rings (SSSR count). The molecule has 0 aliphatic carbocycles. The van der Waals surface area contributed by atoms with Crippen molar-refractivity contribution in [2.45, 2.75) is 38.3 Å². The number of hydrogen-bond acceptors (Lipinski definition) is 6. The maximum absolute atomic E-state index is 12.3. The van der Waals surface area contributed by atoms with Crippen molar-refractivity contribution in [3.8, 4) is 17.3 Å². The van der Waals surface area contributed by atoms with Gasteiger partial charge in [-0.2, -0.15) is 10.4 Å².